The molecule has 10 heavy (non-hydrogen) atoms. The Labute approximate surface area is 60.4 Å². The summed E-state index contributed by atoms with van der Waals surface area (Å²) in [6.45, 7) is 6.22. The fourth-order valence-corrected chi connectivity index (χ4v) is 0.671. The van der Waals surface area contributed by atoms with Crippen molar-refractivity contribution in [1.82, 2.24) is 0 Å². The number of carbonyl (C=O) groups excluding carboxylic acids is 1. The summed E-state index contributed by atoms with van der Waals surface area (Å²) in [5.74, 6) is 0. The van der Waals surface area contributed by atoms with Gasteiger partial charge in [0.15, 0.2) is 7.14 Å². The minimum atomic E-state index is -2.70. The molecule has 0 saturated carbocycles. The van der Waals surface area contributed by atoms with Gasteiger partial charge in [-0.05, 0) is 13.3 Å². The van der Waals surface area contributed by atoms with Gasteiger partial charge in [0.2, 0.25) is 0 Å². The Bertz CT molecular complexity index is 179. The maximum Gasteiger partial charge on any atom is 0.363 e. The quantitative estimate of drug-likeness (QED) is 0.470. The summed E-state index contributed by atoms with van der Waals surface area (Å²) in [5.41, 5.74) is -0.632. The highest BCUT2D eigenvalue weighted by Gasteiger charge is 2.19. The maximum absolute atomic E-state index is 10.9. The summed E-state index contributed by atoms with van der Waals surface area (Å²) in [6.07, 6.45) is 1.44. The fourth-order valence-electron chi connectivity index (χ4n) is 0.286. The third-order valence-electron chi connectivity index (χ3n) is 0.764. The largest absolute Gasteiger partial charge is 0.456 e. The minimum Gasteiger partial charge on any atom is -0.456 e. The van der Waals surface area contributed by atoms with Crippen molar-refractivity contribution in [3.8, 4) is 0 Å². The van der Waals surface area contributed by atoms with Gasteiger partial charge >= 0.3 is 5.71 Å². The Morgan fingerprint density at radius 3 is 2.50 bits per heavy atom. The summed E-state index contributed by atoms with van der Waals surface area (Å²) in [7, 11) is -2.70. The molecule has 0 unspecified atom stereocenters. The molecule has 58 valence electrons. The highest BCUT2D eigenvalue weighted by molar-refractivity contribution is 7.78. The second kappa shape index (κ2) is 3.57. The Kier molecular flexibility index (Phi) is 3.37. The topological polar surface area (TPSA) is 43.4 Å². The van der Waals surface area contributed by atoms with Crippen LogP contribution in [0.4, 0.5) is 4.79 Å². The first-order chi connectivity index (χ1) is 4.48. The number of hydrogen-bond acceptors (Lipinski definition) is 3. The average molecular weight is 162 g/mol. The van der Waals surface area contributed by atoms with Crippen LogP contribution in [0.3, 0.4) is 0 Å². The number of ether oxygens (including phenoxy) is 1. The van der Waals surface area contributed by atoms with Gasteiger partial charge in [-0.3, -0.25) is 0 Å². The van der Waals surface area contributed by atoms with E-state index in [0.717, 1.165) is 0 Å². The van der Waals surface area contributed by atoms with E-state index in [1.54, 1.807) is 0 Å². The zero-order valence-electron chi connectivity index (χ0n) is 6.16. The van der Waals surface area contributed by atoms with Gasteiger partial charge in [0, 0.05) is 0 Å². The third-order valence-corrected chi connectivity index (χ3v) is 1.77. The average Bonchev–Trinajstić information content (AvgIpc) is 1.80. The fraction of sp³-hybridized carbons (Fsp3) is 0.500. The van der Waals surface area contributed by atoms with E-state index in [4.69, 9.17) is 0 Å². The zero-order chi connectivity index (χ0) is 8.20. The van der Waals surface area contributed by atoms with E-state index in [9.17, 15) is 9.36 Å². The van der Waals surface area contributed by atoms with Crippen LogP contribution in [-0.4, -0.2) is 25.6 Å². The van der Waals surface area contributed by atoms with Crippen molar-refractivity contribution in [2.24, 2.45) is 0 Å². The molecule has 3 nitrogen and oxygen atoms in total. The molecule has 0 amide bonds. The van der Waals surface area contributed by atoms with Crippen LogP contribution in [0.2, 0.25) is 0 Å². The first kappa shape index (κ1) is 9.44. The van der Waals surface area contributed by atoms with Gasteiger partial charge in [-0.25, -0.2) is 4.79 Å². The van der Waals surface area contributed by atoms with Gasteiger partial charge in [0.05, 0.1) is 0 Å². The SMILES string of the molecule is C=CCOC(=O)P(C)(C)=O. The molecule has 0 aromatic carbocycles. The third kappa shape index (κ3) is 3.46. The Balaban J connectivity index is 3.87. The molecule has 0 rings (SSSR count). The van der Waals surface area contributed by atoms with E-state index >= 15 is 0 Å². The van der Waals surface area contributed by atoms with Gasteiger partial charge in [0.1, 0.15) is 6.61 Å². The molecule has 0 aromatic heterocycles. The molecule has 0 aliphatic heterocycles. The van der Waals surface area contributed by atoms with Gasteiger partial charge in [0.25, 0.3) is 0 Å². The Hall–Kier alpha value is -0.560. The van der Waals surface area contributed by atoms with Crippen LogP contribution >= 0.6 is 7.14 Å². The van der Waals surface area contributed by atoms with E-state index in [1.807, 2.05) is 0 Å². The first-order valence-electron chi connectivity index (χ1n) is 2.81. The molecule has 0 N–H and O–H groups in total. The molecule has 0 aliphatic carbocycles. The van der Waals surface area contributed by atoms with Crippen LogP contribution in [0.25, 0.3) is 0 Å². The van der Waals surface area contributed by atoms with Crippen LogP contribution < -0.4 is 0 Å². The van der Waals surface area contributed by atoms with Crippen molar-refractivity contribution in [2.75, 3.05) is 19.9 Å². The van der Waals surface area contributed by atoms with Crippen LogP contribution in [0, 0.1) is 0 Å². The van der Waals surface area contributed by atoms with E-state index in [1.165, 1.54) is 19.4 Å². The monoisotopic (exact) mass is 162 g/mol. The number of hydrogen-bond donors (Lipinski definition) is 0. The van der Waals surface area contributed by atoms with Gasteiger partial charge in [-0.1, -0.05) is 12.7 Å². The Morgan fingerprint density at radius 2 is 2.20 bits per heavy atom. The lowest BCUT2D eigenvalue weighted by atomic mass is 10.7. The van der Waals surface area contributed by atoms with Crippen LogP contribution in [0.5, 0.6) is 0 Å². The summed E-state index contributed by atoms with van der Waals surface area (Å²) in [6, 6.07) is 0. The summed E-state index contributed by atoms with van der Waals surface area (Å²) >= 11 is 0. The highest BCUT2D eigenvalue weighted by Crippen LogP contribution is 2.37. The van der Waals surface area contributed by atoms with Crippen molar-refractivity contribution in [3.05, 3.63) is 12.7 Å². The molecule has 0 atom stereocenters. The second-order valence-electron chi connectivity index (χ2n) is 2.22. The lowest BCUT2D eigenvalue weighted by Gasteiger charge is -2.03. The molecule has 0 aliphatic rings. The molecule has 0 spiro atoms. The van der Waals surface area contributed by atoms with Crippen molar-refractivity contribution in [2.45, 2.75) is 0 Å². The van der Waals surface area contributed by atoms with Gasteiger partial charge in [-0.15, -0.1) is 0 Å². The second-order valence-corrected chi connectivity index (χ2v) is 5.28. The summed E-state index contributed by atoms with van der Waals surface area (Å²) in [5, 5.41) is 0. The normalized spacial score (nSPS) is 10.6. The van der Waals surface area contributed by atoms with E-state index < -0.39 is 12.9 Å². The van der Waals surface area contributed by atoms with Crippen molar-refractivity contribution in [1.29, 1.82) is 0 Å². The molecule has 0 saturated heterocycles. The standard InChI is InChI=1S/C6H11O3P/c1-4-5-9-6(7)10(2,3)8/h4H,1,5H2,2-3H3. The smallest absolute Gasteiger partial charge is 0.363 e. The van der Waals surface area contributed by atoms with Gasteiger partial charge < -0.3 is 9.30 Å². The molecule has 0 radical (unpaired) electrons. The molecule has 0 aromatic rings. The first-order valence-corrected chi connectivity index (χ1v) is 5.42. The molecular formula is C6H11O3P. The van der Waals surface area contributed by atoms with Crippen LogP contribution in [0.15, 0.2) is 12.7 Å². The van der Waals surface area contributed by atoms with Crippen LogP contribution in [0.1, 0.15) is 0 Å². The maximum atomic E-state index is 10.9. The van der Waals surface area contributed by atoms with Crippen molar-refractivity contribution < 1.29 is 14.1 Å². The minimum absolute atomic E-state index is 0.129. The zero-order valence-corrected chi connectivity index (χ0v) is 7.06. The molecular weight excluding hydrogens is 151 g/mol. The lowest BCUT2D eigenvalue weighted by Crippen LogP contribution is -2.01. The number of carbonyl (C=O) groups is 1. The van der Waals surface area contributed by atoms with Gasteiger partial charge in [-0.2, -0.15) is 0 Å². The summed E-state index contributed by atoms with van der Waals surface area (Å²) in [4.78, 5) is 10.7. The number of rotatable bonds is 3. The summed E-state index contributed by atoms with van der Waals surface area (Å²) < 4.78 is 15.4. The van der Waals surface area contributed by atoms with Crippen molar-refractivity contribution >= 4 is 12.9 Å². The highest BCUT2D eigenvalue weighted by atomic mass is 31.2. The van der Waals surface area contributed by atoms with Crippen LogP contribution in [-0.2, 0) is 9.30 Å². The van der Waals surface area contributed by atoms with E-state index in [-0.39, 0.29) is 6.61 Å². The molecule has 4 heteroatoms. The van der Waals surface area contributed by atoms with E-state index in [2.05, 4.69) is 11.3 Å². The molecule has 0 bridgehead atoms. The Morgan fingerprint density at radius 1 is 1.70 bits per heavy atom. The predicted octanol–water partition coefficient (Wildman–Crippen LogP) is 1.93. The molecule has 0 fully saturated rings. The van der Waals surface area contributed by atoms with Crippen molar-refractivity contribution in [3.63, 3.8) is 0 Å². The predicted molar refractivity (Wildman–Crippen MR) is 41.0 cm³/mol. The molecule has 0 heterocycles. The lowest BCUT2D eigenvalue weighted by molar-refractivity contribution is 0.184. The van der Waals surface area contributed by atoms with E-state index in [0.29, 0.717) is 0 Å².